The summed E-state index contributed by atoms with van der Waals surface area (Å²) in [4.78, 5) is 14.8. The fraction of sp³-hybridized carbons (Fsp3) is 0. The molecule has 2 rings (SSSR count). The molecule has 0 aliphatic heterocycles. The Balaban J connectivity index is 2.83. The lowest BCUT2D eigenvalue weighted by Gasteiger charge is -1.99. The maximum atomic E-state index is 10.8. The van der Waals surface area contributed by atoms with Crippen molar-refractivity contribution in [3.63, 3.8) is 0 Å². The van der Waals surface area contributed by atoms with Crippen molar-refractivity contribution in [2.75, 3.05) is 0 Å². The van der Waals surface area contributed by atoms with Gasteiger partial charge in [0.2, 0.25) is 0 Å². The summed E-state index contributed by atoms with van der Waals surface area (Å²) in [7, 11) is 0. The van der Waals surface area contributed by atoms with Gasteiger partial charge in [-0.2, -0.15) is 0 Å². The van der Waals surface area contributed by atoms with E-state index in [4.69, 9.17) is 5.11 Å². The highest BCUT2D eigenvalue weighted by molar-refractivity contribution is 6.02. The quantitative estimate of drug-likeness (QED) is 0.716. The second-order valence-corrected chi connectivity index (χ2v) is 2.68. The molecule has 1 heterocycles. The average molecular weight is 173 g/mol. The van der Waals surface area contributed by atoms with Crippen LogP contribution in [0.4, 0.5) is 0 Å². The minimum atomic E-state index is -0.918. The van der Waals surface area contributed by atoms with E-state index >= 15 is 0 Å². The monoisotopic (exact) mass is 173 g/mol. The van der Waals surface area contributed by atoms with Gasteiger partial charge in [-0.15, -0.1) is 0 Å². The summed E-state index contributed by atoms with van der Waals surface area (Å²) < 4.78 is 0. The van der Waals surface area contributed by atoms with Gasteiger partial charge in [-0.05, 0) is 18.2 Å². The molecule has 13 heavy (non-hydrogen) atoms. The van der Waals surface area contributed by atoms with E-state index in [1.54, 1.807) is 36.5 Å². The molecule has 0 amide bonds. The smallest absolute Gasteiger partial charge is 0.336 e. The molecule has 0 aliphatic rings. The maximum absolute atomic E-state index is 10.8. The zero-order valence-electron chi connectivity index (χ0n) is 6.77. The fourth-order valence-corrected chi connectivity index (χ4v) is 1.29. The number of aromatic nitrogens is 1. The number of nitrogens with zero attached hydrogens (tertiary/aromatic N) is 1. The molecule has 0 atom stereocenters. The summed E-state index contributed by atoms with van der Waals surface area (Å²) in [5.74, 6) is -0.918. The van der Waals surface area contributed by atoms with Gasteiger partial charge in [0, 0.05) is 11.6 Å². The standard InChI is InChI=1S/C10H7NO2/c12-10(13)8-3-1-5-9-7(8)4-2-6-11-9/h1-6H,(H,12,13). The molecule has 0 saturated carbocycles. The van der Waals surface area contributed by atoms with Crippen LogP contribution in [-0.4, -0.2) is 16.1 Å². The summed E-state index contributed by atoms with van der Waals surface area (Å²) in [6.07, 6.45) is 1.65. The predicted octanol–water partition coefficient (Wildman–Crippen LogP) is 1.93. The second kappa shape index (κ2) is 2.86. The van der Waals surface area contributed by atoms with Crippen LogP contribution in [0.5, 0.6) is 0 Å². The minimum Gasteiger partial charge on any atom is -0.478 e. The van der Waals surface area contributed by atoms with Crippen molar-refractivity contribution >= 4 is 16.9 Å². The molecule has 0 spiro atoms. The zero-order valence-corrected chi connectivity index (χ0v) is 6.77. The van der Waals surface area contributed by atoms with Crippen molar-refractivity contribution in [3.05, 3.63) is 42.1 Å². The molecule has 0 unspecified atom stereocenters. The predicted molar refractivity (Wildman–Crippen MR) is 48.7 cm³/mol. The Labute approximate surface area is 74.7 Å². The van der Waals surface area contributed by atoms with Crippen LogP contribution in [0, 0.1) is 0 Å². The molecule has 1 N–H and O–H groups in total. The molecule has 64 valence electrons. The third kappa shape index (κ3) is 1.24. The molecule has 3 nitrogen and oxygen atoms in total. The molecule has 0 bridgehead atoms. The summed E-state index contributed by atoms with van der Waals surface area (Å²) >= 11 is 0. The Hall–Kier alpha value is -1.90. The number of carboxylic acid groups (broad SMARTS) is 1. The topological polar surface area (TPSA) is 50.2 Å². The number of pyridine rings is 1. The average Bonchev–Trinajstić information content (AvgIpc) is 2.17. The molecule has 0 saturated heterocycles. The Morgan fingerprint density at radius 3 is 2.85 bits per heavy atom. The number of fused-ring (bicyclic) bond motifs is 1. The van der Waals surface area contributed by atoms with Gasteiger partial charge in [0.25, 0.3) is 0 Å². The highest BCUT2D eigenvalue weighted by Crippen LogP contribution is 2.15. The van der Waals surface area contributed by atoms with Gasteiger partial charge in [-0.3, -0.25) is 4.98 Å². The Kier molecular flexibility index (Phi) is 1.70. The number of carbonyl (C=O) groups is 1. The highest BCUT2D eigenvalue weighted by Gasteiger charge is 2.06. The zero-order chi connectivity index (χ0) is 9.26. The van der Waals surface area contributed by atoms with Crippen molar-refractivity contribution in [3.8, 4) is 0 Å². The number of hydrogen-bond acceptors (Lipinski definition) is 2. The first kappa shape index (κ1) is 7.73. The number of aromatic carboxylic acids is 1. The van der Waals surface area contributed by atoms with E-state index < -0.39 is 5.97 Å². The Morgan fingerprint density at radius 1 is 1.23 bits per heavy atom. The summed E-state index contributed by atoms with van der Waals surface area (Å²) in [5.41, 5.74) is 1.01. The van der Waals surface area contributed by atoms with Gasteiger partial charge in [-0.25, -0.2) is 4.79 Å². The van der Waals surface area contributed by atoms with Crippen LogP contribution in [-0.2, 0) is 0 Å². The van der Waals surface area contributed by atoms with E-state index in [2.05, 4.69) is 4.98 Å². The maximum Gasteiger partial charge on any atom is 0.336 e. The summed E-state index contributed by atoms with van der Waals surface area (Å²) in [6.45, 7) is 0. The molecule has 2 aromatic rings. The van der Waals surface area contributed by atoms with Crippen LogP contribution < -0.4 is 0 Å². The lowest BCUT2D eigenvalue weighted by atomic mass is 10.1. The molecule has 0 aliphatic carbocycles. The minimum absolute atomic E-state index is 0.297. The van der Waals surface area contributed by atoms with Crippen LogP contribution in [0.2, 0.25) is 0 Å². The first-order chi connectivity index (χ1) is 6.29. The number of hydrogen-bond donors (Lipinski definition) is 1. The lowest BCUT2D eigenvalue weighted by molar-refractivity contribution is 0.0699. The van der Waals surface area contributed by atoms with Crippen LogP contribution in [0.3, 0.4) is 0 Å². The van der Waals surface area contributed by atoms with E-state index in [9.17, 15) is 4.79 Å². The summed E-state index contributed by atoms with van der Waals surface area (Å²) in [5, 5.41) is 9.53. The third-order valence-electron chi connectivity index (χ3n) is 1.88. The van der Waals surface area contributed by atoms with Gasteiger partial charge in [-0.1, -0.05) is 12.1 Å². The van der Waals surface area contributed by atoms with Gasteiger partial charge in [0.05, 0.1) is 11.1 Å². The van der Waals surface area contributed by atoms with Gasteiger partial charge in [0.1, 0.15) is 0 Å². The molecular weight excluding hydrogens is 166 g/mol. The number of rotatable bonds is 1. The molecule has 3 heteroatoms. The third-order valence-corrected chi connectivity index (χ3v) is 1.88. The van der Waals surface area contributed by atoms with E-state index in [0.717, 1.165) is 0 Å². The van der Waals surface area contributed by atoms with Crippen LogP contribution >= 0.6 is 0 Å². The van der Waals surface area contributed by atoms with E-state index in [1.165, 1.54) is 0 Å². The van der Waals surface area contributed by atoms with E-state index in [-0.39, 0.29) is 0 Å². The Morgan fingerprint density at radius 2 is 2.08 bits per heavy atom. The van der Waals surface area contributed by atoms with Crippen LogP contribution in [0.15, 0.2) is 36.5 Å². The van der Waals surface area contributed by atoms with Crippen LogP contribution in [0.1, 0.15) is 10.4 Å². The SMILES string of the molecule is O=C(O)c1cccc2ncccc12. The molecule has 0 radical (unpaired) electrons. The normalized spacial score (nSPS) is 10.2. The van der Waals surface area contributed by atoms with E-state index in [1.807, 2.05) is 0 Å². The number of carboxylic acids is 1. The molecule has 1 aromatic carbocycles. The largest absolute Gasteiger partial charge is 0.478 e. The van der Waals surface area contributed by atoms with Crippen molar-refractivity contribution in [2.24, 2.45) is 0 Å². The molecule has 0 fully saturated rings. The first-order valence-corrected chi connectivity index (χ1v) is 3.86. The fourth-order valence-electron chi connectivity index (χ4n) is 1.29. The summed E-state index contributed by atoms with van der Waals surface area (Å²) in [6, 6.07) is 8.55. The Bertz CT molecular complexity index is 460. The van der Waals surface area contributed by atoms with Crippen molar-refractivity contribution in [1.82, 2.24) is 4.98 Å². The van der Waals surface area contributed by atoms with Gasteiger partial charge in [0.15, 0.2) is 0 Å². The molecule has 1 aromatic heterocycles. The van der Waals surface area contributed by atoms with Crippen LogP contribution in [0.25, 0.3) is 10.9 Å². The van der Waals surface area contributed by atoms with Crippen molar-refractivity contribution < 1.29 is 9.90 Å². The number of benzene rings is 1. The second-order valence-electron chi connectivity index (χ2n) is 2.68. The highest BCUT2D eigenvalue weighted by atomic mass is 16.4. The van der Waals surface area contributed by atoms with Gasteiger partial charge < -0.3 is 5.11 Å². The first-order valence-electron chi connectivity index (χ1n) is 3.86. The lowest BCUT2D eigenvalue weighted by Crippen LogP contribution is -1.97. The van der Waals surface area contributed by atoms with Gasteiger partial charge >= 0.3 is 5.97 Å². The van der Waals surface area contributed by atoms with Crippen molar-refractivity contribution in [2.45, 2.75) is 0 Å². The van der Waals surface area contributed by atoms with Crippen molar-refractivity contribution in [1.29, 1.82) is 0 Å². The molecular formula is C10H7NO2. The van der Waals surface area contributed by atoms with E-state index in [0.29, 0.717) is 16.5 Å².